The van der Waals surface area contributed by atoms with Crippen molar-refractivity contribution >= 4 is 58.3 Å². The van der Waals surface area contributed by atoms with E-state index in [9.17, 15) is 26.3 Å². The van der Waals surface area contributed by atoms with Crippen molar-refractivity contribution in [3.63, 3.8) is 0 Å². The van der Waals surface area contributed by atoms with Crippen molar-refractivity contribution in [3.8, 4) is 5.75 Å². The second-order valence-electron chi connectivity index (χ2n) is 8.54. The van der Waals surface area contributed by atoms with Crippen LogP contribution in [0.5, 0.6) is 5.75 Å². The minimum Gasteiger partial charge on any atom is -0.406 e. The van der Waals surface area contributed by atoms with Crippen molar-refractivity contribution in [2.24, 2.45) is 25.9 Å². The fourth-order valence-electron chi connectivity index (χ4n) is 3.72. The highest BCUT2D eigenvalue weighted by Gasteiger charge is 2.37. The highest BCUT2D eigenvalue weighted by molar-refractivity contribution is 8.14. The van der Waals surface area contributed by atoms with Crippen LogP contribution in [0.2, 0.25) is 5.02 Å². The van der Waals surface area contributed by atoms with E-state index in [0.29, 0.717) is 40.7 Å². The molecule has 0 spiro atoms. The Hall–Kier alpha value is -4.04. The molecule has 4 rings (SSSR count). The van der Waals surface area contributed by atoms with Crippen molar-refractivity contribution in [1.82, 2.24) is 0 Å². The lowest BCUT2D eigenvalue weighted by atomic mass is 10.1. The van der Waals surface area contributed by atoms with Gasteiger partial charge in [-0.05, 0) is 48.4 Å². The van der Waals surface area contributed by atoms with Gasteiger partial charge in [-0.3, -0.25) is 0 Å². The summed E-state index contributed by atoms with van der Waals surface area (Å²) in [5.41, 5.74) is 6.54. The molecule has 2 N–H and O–H groups in total. The van der Waals surface area contributed by atoms with Crippen molar-refractivity contribution in [1.29, 1.82) is 0 Å². The normalized spacial score (nSPS) is 16.1. The largest absolute Gasteiger partial charge is 0.573 e. The number of rotatable bonds is 7. The van der Waals surface area contributed by atoms with Crippen molar-refractivity contribution in [3.05, 3.63) is 88.4 Å². The molecule has 0 saturated carbocycles. The SMILES string of the molecule is NC(=NC=Nc1ccc(OC(F)(F)F)cc1)c1ccc(/C=N/N=C2\SCCCN2c2c(Cl)cccc2C(F)(F)F)cc1. The third kappa shape index (κ3) is 8.49. The van der Waals surface area contributed by atoms with Gasteiger partial charge in [-0.15, -0.1) is 18.3 Å². The summed E-state index contributed by atoms with van der Waals surface area (Å²) in [6.07, 6.45) is -6.11. The van der Waals surface area contributed by atoms with E-state index in [0.717, 1.165) is 24.5 Å². The maximum absolute atomic E-state index is 13.7. The van der Waals surface area contributed by atoms with E-state index in [4.69, 9.17) is 17.3 Å². The second kappa shape index (κ2) is 13.3. The Morgan fingerprint density at radius 3 is 2.36 bits per heavy atom. The number of ether oxygens (including phenoxy) is 1. The molecule has 1 aliphatic heterocycles. The Morgan fingerprint density at radius 1 is 0.976 bits per heavy atom. The zero-order chi connectivity index (χ0) is 30.3. The Bertz CT molecular complexity index is 1510. The Morgan fingerprint density at radius 2 is 1.69 bits per heavy atom. The Kier molecular flexibility index (Phi) is 9.78. The third-order valence-electron chi connectivity index (χ3n) is 5.58. The summed E-state index contributed by atoms with van der Waals surface area (Å²) in [4.78, 5) is 9.49. The number of nitrogens with zero attached hydrogens (tertiary/aromatic N) is 5. The fourth-order valence-corrected chi connectivity index (χ4v) is 4.90. The van der Waals surface area contributed by atoms with Crippen LogP contribution in [0.1, 0.15) is 23.1 Å². The van der Waals surface area contributed by atoms with Crippen LogP contribution in [-0.2, 0) is 6.18 Å². The number of amidine groups is 2. The number of aliphatic imine (C=N–C) groups is 2. The van der Waals surface area contributed by atoms with Gasteiger partial charge >= 0.3 is 12.5 Å². The van der Waals surface area contributed by atoms with Gasteiger partial charge in [-0.25, -0.2) is 9.98 Å². The number of alkyl halides is 6. The molecule has 3 aromatic carbocycles. The number of thioether (sulfide) groups is 1. The highest BCUT2D eigenvalue weighted by atomic mass is 35.5. The van der Waals surface area contributed by atoms with Crippen LogP contribution in [0.4, 0.5) is 37.7 Å². The Labute approximate surface area is 245 Å². The number of nitrogens with two attached hydrogens (primary N) is 1. The topological polar surface area (TPSA) is 87.9 Å². The van der Waals surface area contributed by atoms with Gasteiger partial charge < -0.3 is 15.4 Å². The summed E-state index contributed by atoms with van der Waals surface area (Å²) in [6.45, 7) is 0.308. The lowest BCUT2D eigenvalue weighted by molar-refractivity contribution is -0.274. The molecule has 1 saturated heterocycles. The summed E-state index contributed by atoms with van der Waals surface area (Å²) in [5, 5.41) is 8.50. The molecule has 15 heteroatoms. The lowest BCUT2D eigenvalue weighted by Crippen LogP contribution is -2.35. The van der Waals surface area contributed by atoms with E-state index < -0.39 is 18.1 Å². The maximum atomic E-state index is 13.7. The first-order valence-electron chi connectivity index (χ1n) is 12.1. The highest BCUT2D eigenvalue weighted by Crippen LogP contribution is 2.42. The molecule has 7 nitrogen and oxygen atoms in total. The summed E-state index contributed by atoms with van der Waals surface area (Å²) < 4.78 is 81.5. The van der Waals surface area contributed by atoms with Gasteiger partial charge in [0.25, 0.3) is 0 Å². The smallest absolute Gasteiger partial charge is 0.406 e. The van der Waals surface area contributed by atoms with Gasteiger partial charge in [0.15, 0.2) is 5.17 Å². The number of halogens is 7. The zero-order valence-corrected chi connectivity index (χ0v) is 23.0. The minimum absolute atomic E-state index is 0.0302. The van der Waals surface area contributed by atoms with Crippen LogP contribution in [0.3, 0.4) is 0 Å². The average Bonchev–Trinajstić information content (AvgIpc) is 2.93. The van der Waals surface area contributed by atoms with Crippen LogP contribution < -0.4 is 15.4 Å². The van der Waals surface area contributed by atoms with E-state index in [1.165, 1.54) is 47.1 Å². The van der Waals surface area contributed by atoms with Gasteiger partial charge in [-0.1, -0.05) is 53.7 Å². The average molecular weight is 627 g/mol. The molecule has 220 valence electrons. The molecular formula is C27H21ClF6N6OS. The first kappa shape index (κ1) is 30.9. The van der Waals surface area contributed by atoms with E-state index in [2.05, 4.69) is 24.9 Å². The quantitative estimate of drug-likeness (QED) is 0.126. The van der Waals surface area contributed by atoms with E-state index in [-0.39, 0.29) is 22.3 Å². The molecule has 0 bridgehead atoms. The molecule has 1 heterocycles. The molecule has 0 unspecified atom stereocenters. The van der Waals surface area contributed by atoms with E-state index in [1.807, 2.05) is 0 Å². The van der Waals surface area contributed by atoms with Gasteiger partial charge in [-0.2, -0.15) is 18.3 Å². The standard InChI is InChI=1S/C27H21ClF6N6OS/c28-22-4-1-3-21(26(29,30)31)23(22)40-13-2-14-42-25(40)39-38-15-17-5-7-18(8-6-17)24(35)37-16-36-19-9-11-20(12-10-19)41-27(32,33)34/h1,3-12,15-16H,2,13-14H2,(H2,35,36,37)/b38-15+,39-25-. The number of hydrogen-bond donors (Lipinski definition) is 1. The monoisotopic (exact) mass is 626 g/mol. The molecular weight excluding hydrogens is 606 g/mol. The predicted octanol–water partition coefficient (Wildman–Crippen LogP) is 7.66. The molecule has 0 aromatic heterocycles. The van der Waals surface area contributed by atoms with Crippen LogP contribution in [0.15, 0.2) is 86.9 Å². The first-order chi connectivity index (χ1) is 19.9. The minimum atomic E-state index is -4.78. The molecule has 3 aromatic rings. The van der Waals surface area contributed by atoms with Gasteiger partial charge in [0.1, 0.15) is 17.9 Å². The molecule has 0 aliphatic carbocycles. The van der Waals surface area contributed by atoms with Gasteiger partial charge in [0, 0.05) is 17.9 Å². The van der Waals surface area contributed by atoms with Gasteiger partial charge in [0.2, 0.25) is 0 Å². The van der Waals surface area contributed by atoms with E-state index in [1.54, 1.807) is 24.3 Å². The molecule has 0 amide bonds. The molecule has 0 radical (unpaired) electrons. The summed E-state index contributed by atoms with van der Waals surface area (Å²) in [5.74, 6) is 0.435. The Balaban J connectivity index is 1.42. The number of benzene rings is 3. The number of anilines is 1. The van der Waals surface area contributed by atoms with Crippen molar-refractivity contribution < 1.29 is 31.1 Å². The fraction of sp³-hybridized carbons (Fsp3) is 0.185. The molecule has 1 fully saturated rings. The second-order valence-corrected chi connectivity index (χ2v) is 10.0. The third-order valence-corrected chi connectivity index (χ3v) is 6.94. The van der Waals surface area contributed by atoms with Crippen LogP contribution in [0.25, 0.3) is 0 Å². The zero-order valence-electron chi connectivity index (χ0n) is 21.4. The summed E-state index contributed by atoms with van der Waals surface area (Å²) in [7, 11) is 0. The molecule has 0 atom stereocenters. The van der Waals surface area contributed by atoms with Crippen LogP contribution >= 0.6 is 23.4 Å². The van der Waals surface area contributed by atoms with Gasteiger partial charge in [0.05, 0.1) is 28.2 Å². The first-order valence-corrected chi connectivity index (χ1v) is 13.5. The molecule has 1 aliphatic rings. The number of para-hydroxylation sites is 1. The summed E-state index contributed by atoms with van der Waals surface area (Å²) >= 11 is 7.47. The van der Waals surface area contributed by atoms with Crippen molar-refractivity contribution in [2.45, 2.75) is 19.0 Å². The van der Waals surface area contributed by atoms with E-state index >= 15 is 0 Å². The predicted molar refractivity (Wildman–Crippen MR) is 154 cm³/mol. The van der Waals surface area contributed by atoms with Crippen LogP contribution in [-0.4, -0.2) is 42.2 Å². The van der Waals surface area contributed by atoms with Crippen LogP contribution in [0, 0.1) is 0 Å². The lowest BCUT2D eigenvalue weighted by Gasteiger charge is -2.31. The molecule has 42 heavy (non-hydrogen) atoms. The summed E-state index contributed by atoms with van der Waals surface area (Å²) in [6, 6.07) is 15.3. The number of hydrogen-bond acceptors (Lipinski definition) is 5. The maximum Gasteiger partial charge on any atom is 0.573 e. The van der Waals surface area contributed by atoms with Crippen molar-refractivity contribution in [2.75, 3.05) is 17.2 Å².